The van der Waals surface area contributed by atoms with Crippen molar-refractivity contribution in [2.24, 2.45) is 11.8 Å². The minimum Gasteiger partial charge on any atom is -0.481 e. The average molecular weight is 368 g/mol. The maximum Gasteiger partial charge on any atom is 0.357 e. The number of hydrogen-bond donors (Lipinski definition) is 2. The van der Waals surface area contributed by atoms with Crippen LogP contribution in [0, 0.1) is 18.8 Å². The van der Waals surface area contributed by atoms with E-state index in [0.29, 0.717) is 35.1 Å². The minimum absolute atomic E-state index is 0.0425. The Morgan fingerprint density at radius 2 is 1.84 bits per heavy atom. The third kappa shape index (κ3) is 4.24. The smallest absolute Gasteiger partial charge is 0.357 e. The first-order valence-electron chi connectivity index (χ1n) is 8.56. The van der Waals surface area contributed by atoms with E-state index in [2.05, 4.69) is 10.3 Å². The molecule has 0 saturated heterocycles. The molecule has 1 aliphatic rings. The minimum atomic E-state index is -0.923. The Labute approximate surface area is 151 Å². The number of carbonyl (C=O) groups excluding carboxylic acids is 2. The number of nitrogens with zero attached hydrogens (tertiary/aromatic N) is 2. The molecule has 1 aliphatic carbocycles. The van der Waals surface area contributed by atoms with Crippen LogP contribution in [-0.4, -0.2) is 53.0 Å². The lowest BCUT2D eigenvalue weighted by Crippen LogP contribution is -2.45. The van der Waals surface area contributed by atoms with E-state index in [-0.39, 0.29) is 16.3 Å². The SMILES string of the molecule is CC[N+](C)(C)C(=O)c1sc(NC(=O)C2CCCCC2C(=O)O)nc1C. The highest BCUT2D eigenvalue weighted by Crippen LogP contribution is 2.32. The number of carbonyl (C=O) groups is 3. The molecule has 1 saturated carbocycles. The summed E-state index contributed by atoms with van der Waals surface area (Å²) in [5.74, 6) is -2.47. The fourth-order valence-electron chi connectivity index (χ4n) is 3.01. The van der Waals surface area contributed by atoms with Crippen molar-refractivity contribution in [3.63, 3.8) is 0 Å². The molecule has 2 rings (SSSR count). The van der Waals surface area contributed by atoms with Crippen molar-refractivity contribution in [3.05, 3.63) is 10.6 Å². The molecule has 7 nitrogen and oxygen atoms in total. The van der Waals surface area contributed by atoms with Gasteiger partial charge in [-0.3, -0.25) is 14.1 Å². The Hall–Kier alpha value is -1.80. The Balaban J connectivity index is 2.15. The molecule has 2 unspecified atom stereocenters. The van der Waals surface area contributed by atoms with Crippen molar-refractivity contribution in [1.29, 1.82) is 0 Å². The zero-order chi connectivity index (χ0) is 18.8. The number of aliphatic carboxylic acids is 1. The number of carboxylic acids is 1. The van der Waals surface area contributed by atoms with Gasteiger partial charge in [0.2, 0.25) is 5.91 Å². The molecule has 0 radical (unpaired) electrons. The Kier molecular flexibility index (Phi) is 5.95. The molecule has 2 N–H and O–H groups in total. The molecular weight excluding hydrogens is 342 g/mol. The van der Waals surface area contributed by atoms with Crippen LogP contribution in [0.2, 0.25) is 0 Å². The van der Waals surface area contributed by atoms with Gasteiger partial charge >= 0.3 is 11.9 Å². The molecule has 0 bridgehead atoms. The maximum absolute atomic E-state index is 12.6. The van der Waals surface area contributed by atoms with Crippen LogP contribution < -0.4 is 5.32 Å². The second-order valence-corrected chi connectivity index (χ2v) is 8.06. The summed E-state index contributed by atoms with van der Waals surface area (Å²) in [6, 6.07) is 0. The highest BCUT2D eigenvalue weighted by molar-refractivity contribution is 7.17. The molecule has 1 aromatic heterocycles. The number of amides is 2. The first kappa shape index (κ1) is 19.5. The van der Waals surface area contributed by atoms with E-state index in [1.54, 1.807) is 6.92 Å². The van der Waals surface area contributed by atoms with Gasteiger partial charge < -0.3 is 10.4 Å². The van der Waals surface area contributed by atoms with Crippen molar-refractivity contribution in [2.45, 2.75) is 39.5 Å². The second kappa shape index (κ2) is 7.61. The first-order chi connectivity index (χ1) is 11.7. The molecule has 1 heterocycles. The molecule has 0 aliphatic heterocycles. The summed E-state index contributed by atoms with van der Waals surface area (Å²) < 4.78 is 0.208. The van der Waals surface area contributed by atoms with Gasteiger partial charge in [-0.2, -0.15) is 0 Å². The number of aromatic nitrogens is 1. The molecule has 1 aromatic rings. The van der Waals surface area contributed by atoms with E-state index in [0.717, 1.165) is 24.2 Å². The number of anilines is 1. The van der Waals surface area contributed by atoms with Gasteiger partial charge in [-0.1, -0.05) is 24.2 Å². The van der Waals surface area contributed by atoms with Gasteiger partial charge in [0, 0.05) is 0 Å². The molecule has 0 spiro atoms. The number of thiazole rings is 1. The quantitative estimate of drug-likeness (QED) is 0.779. The molecule has 1 fully saturated rings. The van der Waals surface area contributed by atoms with E-state index in [4.69, 9.17) is 0 Å². The molecule has 2 amide bonds. The number of aryl methyl sites for hydroxylation is 1. The standard InChI is InChI=1S/C17H25N3O4S/c1-5-20(3,4)15(22)13-10(2)18-17(25-13)19-14(21)11-8-6-7-9-12(11)16(23)24/h11-12H,5-9H2,1-4H3,(H-,18,19,21,22,23,24)/p+1. The summed E-state index contributed by atoms with van der Waals surface area (Å²) >= 11 is 1.16. The van der Waals surface area contributed by atoms with E-state index in [9.17, 15) is 19.5 Å². The van der Waals surface area contributed by atoms with Gasteiger partial charge in [-0.05, 0) is 26.7 Å². The summed E-state index contributed by atoms with van der Waals surface area (Å²) in [5.41, 5.74) is 0.586. The fourth-order valence-corrected chi connectivity index (χ4v) is 4.06. The third-order valence-electron chi connectivity index (χ3n) is 4.98. The highest BCUT2D eigenvalue weighted by atomic mass is 32.1. The van der Waals surface area contributed by atoms with Gasteiger partial charge in [0.25, 0.3) is 0 Å². The summed E-state index contributed by atoms with van der Waals surface area (Å²) in [7, 11) is 3.67. The number of nitrogens with one attached hydrogen (secondary N) is 1. The predicted molar refractivity (Wildman–Crippen MR) is 95.5 cm³/mol. The van der Waals surface area contributed by atoms with Crippen molar-refractivity contribution in [3.8, 4) is 0 Å². The van der Waals surface area contributed by atoms with Gasteiger partial charge in [-0.15, -0.1) is 0 Å². The third-order valence-corrected chi connectivity index (χ3v) is 6.04. The lowest BCUT2D eigenvalue weighted by molar-refractivity contribution is -0.805. The summed E-state index contributed by atoms with van der Waals surface area (Å²) in [4.78, 5) is 41.3. The monoisotopic (exact) mass is 368 g/mol. The summed E-state index contributed by atoms with van der Waals surface area (Å²) in [6.45, 7) is 4.34. The van der Waals surface area contributed by atoms with Crippen LogP contribution in [0.5, 0.6) is 0 Å². The van der Waals surface area contributed by atoms with Crippen LogP contribution in [-0.2, 0) is 9.59 Å². The summed E-state index contributed by atoms with van der Waals surface area (Å²) in [6.07, 6.45) is 2.78. The van der Waals surface area contributed by atoms with Crippen molar-refractivity contribution in [1.82, 2.24) is 4.98 Å². The summed E-state index contributed by atoms with van der Waals surface area (Å²) in [5, 5.41) is 12.4. The molecule has 25 heavy (non-hydrogen) atoms. The number of rotatable bonds is 5. The van der Waals surface area contributed by atoms with Crippen molar-refractivity contribution in [2.75, 3.05) is 26.0 Å². The molecule has 8 heteroatoms. The Bertz CT molecular complexity index is 683. The normalized spacial score (nSPS) is 21.0. The Morgan fingerprint density at radius 1 is 1.24 bits per heavy atom. The van der Waals surface area contributed by atoms with Gasteiger partial charge in [0.15, 0.2) is 10.0 Å². The Morgan fingerprint density at radius 3 is 2.40 bits per heavy atom. The highest BCUT2D eigenvalue weighted by Gasteiger charge is 2.36. The van der Waals surface area contributed by atoms with E-state index in [1.807, 2.05) is 21.0 Å². The topological polar surface area (TPSA) is 96.4 Å². The second-order valence-electron chi connectivity index (χ2n) is 7.06. The lowest BCUT2D eigenvalue weighted by Gasteiger charge is -2.27. The van der Waals surface area contributed by atoms with Crippen LogP contribution >= 0.6 is 11.3 Å². The lowest BCUT2D eigenvalue weighted by atomic mass is 9.79. The molecule has 2 atom stereocenters. The zero-order valence-electron chi connectivity index (χ0n) is 15.2. The predicted octanol–water partition coefficient (Wildman–Crippen LogP) is 2.52. The number of hydrogen-bond acceptors (Lipinski definition) is 5. The van der Waals surface area contributed by atoms with Crippen LogP contribution in [0.25, 0.3) is 0 Å². The van der Waals surface area contributed by atoms with Crippen LogP contribution in [0.15, 0.2) is 0 Å². The van der Waals surface area contributed by atoms with Crippen molar-refractivity contribution < 1.29 is 24.0 Å². The van der Waals surface area contributed by atoms with E-state index < -0.39 is 17.8 Å². The van der Waals surface area contributed by atoms with E-state index in [1.165, 1.54) is 0 Å². The molecular formula is C17H26N3O4S+. The largest absolute Gasteiger partial charge is 0.481 e. The van der Waals surface area contributed by atoms with E-state index >= 15 is 0 Å². The average Bonchev–Trinajstić information content (AvgIpc) is 2.94. The van der Waals surface area contributed by atoms with Gasteiger partial charge in [-0.25, -0.2) is 9.78 Å². The molecule has 0 aromatic carbocycles. The fraction of sp³-hybridized carbons (Fsp3) is 0.647. The van der Waals surface area contributed by atoms with Crippen LogP contribution in [0.1, 0.15) is 48.0 Å². The van der Waals surface area contributed by atoms with Crippen molar-refractivity contribution >= 4 is 34.3 Å². The van der Waals surface area contributed by atoms with Crippen LogP contribution in [0.4, 0.5) is 5.13 Å². The van der Waals surface area contributed by atoms with Gasteiger partial charge in [0.05, 0.1) is 38.2 Å². The van der Waals surface area contributed by atoms with Gasteiger partial charge in [0.1, 0.15) is 0 Å². The molecule has 138 valence electrons. The van der Waals surface area contributed by atoms with Crippen LogP contribution in [0.3, 0.4) is 0 Å². The zero-order valence-corrected chi connectivity index (χ0v) is 16.0. The number of quaternary nitrogens is 1. The maximum atomic E-state index is 12.6. The number of carboxylic acid groups (broad SMARTS) is 1. The first-order valence-corrected chi connectivity index (χ1v) is 9.38.